The lowest BCUT2D eigenvalue weighted by atomic mass is 10.2. The molecule has 0 atom stereocenters. The molecule has 0 aliphatic carbocycles. The minimum absolute atomic E-state index is 0.647. The number of ether oxygens (including phenoxy) is 1. The van der Waals surface area contributed by atoms with Gasteiger partial charge in [0.05, 0.1) is 55.0 Å². The van der Waals surface area contributed by atoms with Crippen molar-refractivity contribution in [3.05, 3.63) is 26.6 Å². The average molecular weight is 406 g/mol. The topological polar surface area (TPSA) is 29.3 Å². The van der Waals surface area contributed by atoms with E-state index in [1.54, 1.807) is 4.90 Å². The van der Waals surface area contributed by atoms with Crippen molar-refractivity contribution in [1.82, 2.24) is 5.01 Å². The monoisotopic (exact) mass is 404 g/mol. The Morgan fingerprint density at radius 3 is 2.45 bits per heavy atom. The fourth-order valence-corrected chi connectivity index (χ4v) is 3.53. The Bertz CT molecular complexity index is 462. The minimum atomic E-state index is 0.647. The van der Waals surface area contributed by atoms with Crippen LogP contribution in [0.1, 0.15) is 12.5 Å². The van der Waals surface area contributed by atoms with E-state index in [2.05, 4.69) is 49.0 Å². The number of quaternary nitrogens is 1. The number of hydrazone groups is 1. The van der Waals surface area contributed by atoms with Gasteiger partial charge in [-0.25, -0.2) is 0 Å². The predicted molar refractivity (Wildman–Crippen MR) is 88.8 cm³/mol. The quantitative estimate of drug-likeness (QED) is 0.773. The first kappa shape index (κ1) is 15.8. The zero-order valence-electron chi connectivity index (χ0n) is 11.8. The smallest absolute Gasteiger partial charge is 0.147 e. The van der Waals surface area contributed by atoms with Crippen molar-refractivity contribution in [2.24, 2.45) is 5.10 Å². The third-order valence-corrected chi connectivity index (χ3v) is 4.45. The Labute approximate surface area is 137 Å². The van der Waals surface area contributed by atoms with Crippen molar-refractivity contribution in [1.29, 1.82) is 0 Å². The van der Waals surface area contributed by atoms with Gasteiger partial charge >= 0.3 is 0 Å². The molecule has 1 aliphatic rings. The number of rotatable bonds is 4. The molecule has 0 amide bonds. The number of nitrogens with one attached hydrogen (secondary N) is 1. The van der Waals surface area contributed by atoms with Gasteiger partial charge in [0.1, 0.15) is 5.75 Å². The molecule has 110 valence electrons. The van der Waals surface area contributed by atoms with Crippen molar-refractivity contribution in [3.63, 3.8) is 0 Å². The highest BCUT2D eigenvalue weighted by molar-refractivity contribution is 9.11. The highest BCUT2D eigenvalue weighted by atomic mass is 79.9. The molecule has 0 unspecified atom stereocenters. The molecular formula is C14H20Br2N3O+. The summed E-state index contributed by atoms with van der Waals surface area (Å²) in [6.45, 7) is 6.95. The van der Waals surface area contributed by atoms with E-state index in [1.807, 2.05) is 25.3 Å². The van der Waals surface area contributed by atoms with Crippen molar-refractivity contribution in [2.45, 2.75) is 6.92 Å². The number of halogens is 2. The van der Waals surface area contributed by atoms with Crippen LogP contribution < -0.4 is 9.64 Å². The average Bonchev–Trinajstić information content (AvgIpc) is 2.42. The van der Waals surface area contributed by atoms with Gasteiger partial charge in [0.25, 0.3) is 0 Å². The van der Waals surface area contributed by atoms with Crippen LogP contribution in [0.5, 0.6) is 5.75 Å². The number of hydrogen-bond donors (Lipinski definition) is 1. The summed E-state index contributed by atoms with van der Waals surface area (Å²) in [5.74, 6) is 0.841. The van der Waals surface area contributed by atoms with Crippen LogP contribution in [0.2, 0.25) is 0 Å². The summed E-state index contributed by atoms with van der Waals surface area (Å²) in [4.78, 5) is 1.57. The van der Waals surface area contributed by atoms with Crippen molar-refractivity contribution in [3.8, 4) is 5.75 Å². The van der Waals surface area contributed by atoms with Gasteiger partial charge in [0.15, 0.2) is 0 Å². The Balaban J connectivity index is 2.06. The fraction of sp³-hybridized carbons (Fsp3) is 0.500. The molecule has 1 aromatic carbocycles. The molecule has 1 fully saturated rings. The van der Waals surface area contributed by atoms with Crippen molar-refractivity contribution < 1.29 is 9.64 Å². The Hall–Kier alpha value is -0.590. The summed E-state index contributed by atoms with van der Waals surface area (Å²) in [6, 6.07) is 4.06. The standard InChI is InChI=1S/C14H19Br2N3O/c1-3-20-14-12(15)8-11(9-13(14)16)10-17-19-6-4-18(2)5-7-19/h8-10H,3-7H2,1-2H3/p+1/b17-10-. The van der Waals surface area contributed by atoms with Gasteiger partial charge in [0, 0.05) is 0 Å². The van der Waals surface area contributed by atoms with Crippen LogP contribution in [-0.2, 0) is 0 Å². The summed E-state index contributed by atoms with van der Waals surface area (Å²) in [6.07, 6.45) is 1.91. The number of hydrogen-bond acceptors (Lipinski definition) is 3. The van der Waals surface area contributed by atoms with E-state index in [9.17, 15) is 0 Å². The molecule has 0 spiro atoms. The van der Waals surface area contributed by atoms with E-state index in [0.29, 0.717) is 6.61 Å². The van der Waals surface area contributed by atoms with Gasteiger partial charge in [0.2, 0.25) is 0 Å². The second-order valence-electron chi connectivity index (χ2n) is 4.90. The number of likely N-dealkylation sites (N-methyl/N-ethyl adjacent to an activating group) is 1. The Kier molecular flexibility index (Phi) is 5.86. The molecule has 0 bridgehead atoms. The van der Waals surface area contributed by atoms with Crippen LogP contribution in [0.4, 0.5) is 0 Å². The minimum Gasteiger partial charge on any atom is -0.492 e. The number of piperazine rings is 1. The molecule has 0 saturated carbocycles. The molecule has 0 radical (unpaired) electrons. The van der Waals surface area contributed by atoms with E-state index >= 15 is 0 Å². The van der Waals surface area contributed by atoms with Gasteiger partial charge in [-0.05, 0) is 56.5 Å². The first-order valence-corrected chi connectivity index (χ1v) is 8.41. The van der Waals surface area contributed by atoms with Gasteiger partial charge in [-0.2, -0.15) is 5.10 Å². The van der Waals surface area contributed by atoms with Gasteiger partial charge in [-0.1, -0.05) is 0 Å². The summed E-state index contributed by atoms with van der Waals surface area (Å²) < 4.78 is 7.46. The number of nitrogens with zero attached hydrogens (tertiary/aromatic N) is 2. The van der Waals surface area contributed by atoms with Crippen LogP contribution in [0.25, 0.3) is 0 Å². The van der Waals surface area contributed by atoms with Gasteiger partial charge < -0.3 is 9.64 Å². The highest BCUT2D eigenvalue weighted by Gasteiger charge is 2.14. The lowest BCUT2D eigenvalue weighted by Crippen LogP contribution is -3.11. The van der Waals surface area contributed by atoms with Crippen LogP contribution in [0.15, 0.2) is 26.2 Å². The molecular weight excluding hydrogens is 386 g/mol. The second-order valence-corrected chi connectivity index (χ2v) is 6.61. The van der Waals surface area contributed by atoms with Crippen molar-refractivity contribution in [2.75, 3.05) is 39.8 Å². The van der Waals surface area contributed by atoms with Gasteiger partial charge in [-0.3, -0.25) is 5.01 Å². The van der Waals surface area contributed by atoms with Crippen LogP contribution in [-0.4, -0.2) is 51.1 Å². The second kappa shape index (κ2) is 7.43. The molecule has 0 aromatic heterocycles. The molecule has 2 rings (SSSR count). The predicted octanol–water partition coefficient (Wildman–Crippen LogP) is 1.77. The van der Waals surface area contributed by atoms with E-state index < -0.39 is 0 Å². The largest absolute Gasteiger partial charge is 0.492 e. The summed E-state index contributed by atoms with van der Waals surface area (Å²) in [5.41, 5.74) is 1.05. The van der Waals surface area contributed by atoms with E-state index in [0.717, 1.165) is 46.4 Å². The molecule has 4 nitrogen and oxygen atoms in total. The van der Waals surface area contributed by atoms with E-state index in [-0.39, 0.29) is 0 Å². The maximum atomic E-state index is 5.58. The fourth-order valence-electron chi connectivity index (χ4n) is 2.08. The summed E-state index contributed by atoms with van der Waals surface area (Å²) in [7, 11) is 2.22. The van der Waals surface area contributed by atoms with E-state index in [4.69, 9.17) is 4.74 Å². The summed E-state index contributed by atoms with van der Waals surface area (Å²) in [5, 5.41) is 6.69. The third-order valence-electron chi connectivity index (χ3n) is 3.27. The third kappa shape index (κ3) is 4.20. The van der Waals surface area contributed by atoms with E-state index in [1.165, 1.54) is 0 Å². The van der Waals surface area contributed by atoms with Crippen LogP contribution in [0, 0.1) is 0 Å². The molecule has 1 N–H and O–H groups in total. The normalized spacial score (nSPS) is 16.9. The first-order chi connectivity index (χ1) is 9.60. The zero-order valence-corrected chi connectivity index (χ0v) is 15.0. The Morgan fingerprint density at radius 2 is 1.90 bits per heavy atom. The Morgan fingerprint density at radius 1 is 1.30 bits per heavy atom. The molecule has 1 heterocycles. The maximum Gasteiger partial charge on any atom is 0.147 e. The zero-order chi connectivity index (χ0) is 14.5. The highest BCUT2D eigenvalue weighted by Crippen LogP contribution is 2.34. The molecule has 1 saturated heterocycles. The van der Waals surface area contributed by atoms with Crippen molar-refractivity contribution >= 4 is 38.1 Å². The molecule has 1 aromatic rings. The first-order valence-electron chi connectivity index (χ1n) is 6.82. The van der Waals surface area contributed by atoms with Gasteiger partial charge in [-0.15, -0.1) is 0 Å². The van der Waals surface area contributed by atoms with Crippen LogP contribution >= 0.6 is 31.9 Å². The maximum absolute atomic E-state index is 5.58. The molecule has 6 heteroatoms. The van der Waals surface area contributed by atoms with Crippen LogP contribution in [0.3, 0.4) is 0 Å². The SMILES string of the molecule is CCOc1c(Br)cc(/C=N\N2CC[NH+](C)CC2)cc1Br. The molecule has 20 heavy (non-hydrogen) atoms. The lowest BCUT2D eigenvalue weighted by Gasteiger charge is -2.27. The lowest BCUT2D eigenvalue weighted by molar-refractivity contribution is -0.884. The molecule has 1 aliphatic heterocycles. The summed E-state index contributed by atoms with van der Waals surface area (Å²) >= 11 is 7.08. The number of benzene rings is 1.